The summed E-state index contributed by atoms with van der Waals surface area (Å²) in [6.45, 7) is 10.8. The molecule has 21 heavy (non-hydrogen) atoms. The minimum absolute atomic E-state index is 0.0824. The summed E-state index contributed by atoms with van der Waals surface area (Å²) in [5.41, 5.74) is 2.18. The molecule has 1 aromatic rings. The molecular formula is C16H26N4O. The van der Waals surface area contributed by atoms with Crippen molar-refractivity contribution in [3.05, 3.63) is 23.0 Å². The first-order valence-electron chi connectivity index (χ1n) is 7.81. The third-order valence-electron chi connectivity index (χ3n) is 4.13. The number of nitrogens with one attached hydrogen (secondary N) is 1. The Morgan fingerprint density at radius 1 is 1.33 bits per heavy atom. The van der Waals surface area contributed by atoms with Crippen molar-refractivity contribution in [2.75, 3.05) is 19.6 Å². The molecule has 5 heteroatoms. The van der Waals surface area contributed by atoms with Gasteiger partial charge in [0.25, 0.3) is 5.91 Å². The lowest BCUT2D eigenvalue weighted by Crippen LogP contribution is -2.43. The van der Waals surface area contributed by atoms with E-state index in [2.05, 4.69) is 29.4 Å². The van der Waals surface area contributed by atoms with Crippen LogP contribution in [0.4, 0.5) is 0 Å². The molecular weight excluding hydrogens is 264 g/mol. The highest BCUT2D eigenvalue weighted by molar-refractivity contribution is 5.95. The van der Waals surface area contributed by atoms with Crippen molar-refractivity contribution in [1.29, 1.82) is 0 Å². The minimum Gasteiger partial charge on any atom is -0.336 e. The molecule has 0 unspecified atom stereocenters. The molecule has 1 aliphatic heterocycles. The Kier molecular flexibility index (Phi) is 5.28. The van der Waals surface area contributed by atoms with Gasteiger partial charge in [0.2, 0.25) is 0 Å². The number of carbonyl (C=O) groups excluding carboxylic acids is 1. The third kappa shape index (κ3) is 4.00. The Labute approximate surface area is 127 Å². The Morgan fingerprint density at radius 3 is 2.62 bits per heavy atom. The van der Waals surface area contributed by atoms with Crippen molar-refractivity contribution in [3.8, 4) is 0 Å². The summed E-state index contributed by atoms with van der Waals surface area (Å²) in [6, 6.07) is 2.04. The van der Waals surface area contributed by atoms with Gasteiger partial charge in [-0.25, -0.2) is 0 Å². The zero-order valence-corrected chi connectivity index (χ0v) is 13.5. The predicted molar refractivity (Wildman–Crippen MR) is 83.3 cm³/mol. The molecule has 116 valence electrons. The summed E-state index contributed by atoms with van der Waals surface area (Å²) in [7, 11) is 0. The van der Waals surface area contributed by atoms with E-state index >= 15 is 0 Å². The molecule has 0 atom stereocenters. The van der Waals surface area contributed by atoms with E-state index in [0.717, 1.165) is 38.2 Å². The van der Waals surface area contributed by atoms with E-state index in [1.54, 1.807) is 0 Å². The van der Waals surface area contributed by atoms with Gasteiger partial charge in [-0.3, -0.25) is 4.79 Å². The number of nitrogens with zero attached hydrogens (tertiary/aromatic N) is 3. The number of hydrogen-bond donors (Lipinski definition) is 1. The van der Waals surface area contributed by atoms with Crippen LogP contribution in [-0.2, 0) is 0 Å². The fraction of sp³-hybridized carbons (Fsp3) is 0.688. The molecule has 1 amide bonds. The normalized spacial score (nSPS) is 16.2. The van der Waals surface area contributed by atoms with Gasteiger partial charge >= 0.3 is 0 Å². The van der Waals surface area contributed by atoms with E-state index in [-0.39, 0.29) is 11.9 Å². The van der Waals surface area contributed by atoms with Gasteiger partial charge in [-0.1, -0.05) is 0 Å². The molecule has 0 aromatic carbocycles. The van der Waals surface area contributed by atoms with E-state index in [1.807, 2.05) is 24.8 Å². The Balaban J connectivity index is 2.16. The first-order valence-corrected chi connectivity index (χ1v) is 7.81. The maximum Gasteiger partial charge on any atom is 0.256 e. The summed E-state index contributed by atoms with van der Waals surface area (Å²) in [4.78, 5) is 14.9. The van der Waals surface area contributed by atoms with Crippen molar-refractivity contribution >= 4 is 5.91 Å². The molecule has 1 aromatic heterocycles. The van der Waals surface area contributed by atoms with Crippen LogP contribution in [0.25, 0.3) is 0 Å². The van der Waals surface area contributed by atoms with Crippen molar-refractivity contribution in [1.82, 2.24) is 20.4 Å². The van der Waals surface area contributed by atoms with Crippen LogP contribution in [-0.4, -0.2) is 46.7 Å². The average molecular weight is 290 g/mol. The minimum atomic E-state index is 0.0824. The van der Waals surface area contributed by atoms with Crippen LogP contribution in [0, 0.1) is 19.8 Å². The Hall–Kier alpha value is -1.49. The van der Waals surface area contributed by atoms with Gasteiger partial charge in [0.15, 0.2) is 0 Å². The molecule has 0 aliphatic carbocycles. The number of aryl methyl sites for hydroxylation is 2. The zero-order valence-electron chi connectivity index (χ0n) is 13.5. The molecule has 1 aliphatic rings. The molecule has 2 heterocycles. The lowest BCUT2D eigenvalue weighted by molar-refractivity contribution is 0.0656. The third-order valence-corrected chi connectivity index (χ3v) is 4.13. The van der Waals surface area contributed by atoms with Gasteiger partial charge in [0.05, 0.1) is 17.0 Å². The summed E-state index contributed by atoms with van der Waals surface area (Å²) < 4.78 is 0. The largest absolute Gasteiger partial charge is 0.336 e. The van der Waals surface area contributed by atoms with Crippen LogP contribution in [0.1, 0.15) is 48.4 Å². The van der Waals surface area contributed by atoms with E-state index in [4.69, 9.17) is 0 Å². The zero-order chi connectivity index (χ0) is 15.4. The molecule has 1 fully saturated rings. The van der Waals surface area contributed by atoms with Gasteiger partial charge in [0.1, 0.15) is 0 Å². The standard InChI is InChI=1S/C16H26N4O/c1-11(2)20(10-14-5-7-17-8-6-14)16(21)15-9-12(3)18-19-13(15)4/h9,11,14,17H,5-8,10H2,1-4H3. The van der Waals surface area contributed by atoms with Crippen LogP contribution in [0.2, 0.25) is 0 Å². The SMILES string of the molecule is Cc1cc(C(=O)N(CC2CCNCC2)C(C)C)c(C)nn1. The molecule has 0 bridgehead atoms. The maximum absolute atomic E-state index is 12.9. The number of hydrogen-bond acceptors (Lipinski definition) is 4. The van der Waals surface area contributed by atoms with Crippen LogP contribution >= 0.6 is 0 Å². The van der Waals surface area contributed by atoms with Crippen molar-refractivity contribution in [2.24, 2.45) is 5.92 Å². The molecule has 2 rings (SSSR count). The summed E-state index contributed by atoms with van der Waals surface area (Å²) in [6.07, 6.45) is 2.28. The fourth-order valence-corrected chi connectivity index (χ4v) is 2.79. The van der Waals surface area contributed by atoms with Gasteiger partial charge < -0.3 is 10.2 Å². The van der Waals surface area contributed by atoms with Gasteiger partial charge in [-0.2, -0.15) is 10.2 Å². The van der Waals surface area contributed by atoms with Gasteiger partial charge in [0, 0.05) is 12.6 Å². The second-order valence-electron chi connectivity index (χ2n) is 6.23. The van der Waals surface area contributed by atoms with Crippen LogP contribution < -0.4 is 5.32 Å². The topological polar surface area (TPSA) is 58.1 Å². The number of carbonyl (C=O) groups is 1. The summed E-state index contributed by atoms with van der Waals surface area (Å²) in [5, 5.41) is 11.5. The van der Waals surface area contributed by atoms with E-state index < -0.39 is 0 Å². The highest BCUT2D eigenvalue weighted by Gasteiger charge is 2.25. The monoisotopic (exact) mass is 290 g/mol. The highest BCUT2D eigenvalue weighted by atomic mass is 16.2. The second-order valence-corrected chi connectivity index (χ2v) is 6.23. The Bertz CT molecular complexity index is 495. The Morgan fingerprint density at radius 2 is 2.00 bits per heavy atom. The molecule has 0 spiro atoms. The summed E-state index contributed by atoms with van der Waals surface area (Å²) >= 11 is 0. The average Bonchev–Trinajstić information content (AvgIpc) is 2.47. The molecule has 1 saturated heterocycles. The molecule has 5 nitrogen and oxygen atoms in total. The fourth-order valence-electron chi connectivity index (χ4n) is 2.79. The van der Waals surface area contributed by atoms with Crippen LogP contribution in [0.15, 0.2) is 6.07 Å². The first-order chi connectivity index (χ1) is 9.99. The van der Waals surface area contributed by atoms with Crippen LogP contribution in [0.5, 0.6) is 0 Å². The van der Waals surface area contributed by atoms with Crippen molar-refractivity contribution in [3.63, 3.8) is 0 Å². The molecule has 1 N–H and O–H groups in total. The number of amides is 1. The lowest BCUT2D eigenvalue weighted by Gasteiger charge is -2.33. The summed E-state index contributed by atoms with van der Waals surface area (Å²) in [5.74, 6) is 0.674. The van der Waals surface area contributed by atoms with Gasteiger partial charge in [-0.05, 0) is 65.6 Å². The predicted octanol–water partition coefficient (Wildman–Crippen LogP) is 1.94. The second kappa shape index (κ2) is 6.98. The highest BCUT2D eigenvalue weighted by Crippen LogP contribution is 2.18. The quantitative estimate of drug-likeness (QED) is 0.920. The van der Waals surface area contributed by atoms with E-state index in [1.165, 1.54) is 0 Å². The first kappa shape index (κ1) is 15.9. The smallest absolute Gasteiger partial charge is 0.256 e. The molecule has 0 radical (unpaired) electrons. The molecule has 0 saturated carbocycles. The van der Waals surface area contributed by atoms with E-state index in [9.17, 15) is 4.79 Å². The number of aromatic nitrogens is 2. The van der Waals surface area contributed by atoms with Crippen LogP contribution in [0.3, 0.4) is 0 Å². The lowest BCUT2D eigenvalue weighted by atomic mass is 9.96. The number of piperidine rings is 1. The van der Waals surface area contributed by atoms with Crippen molar-refractivity contribution < 1.29 is 4.79 Å². The van der Waals surface area contributed by atoms with Crippen molar-refractivity contribution in [2.45, 2.75) is 46.6 Å². The number of rotatable bonds is 4. The van der Waals surface area contributed by atoms with E-state index in [0.29, 0.717) is 17.2 Å². The van der Waals surface area contributed by atoms with Gasteiger partial charge in [-0.15, -0.1) is 0 Å². The maximum atomic E-state index is 12.9.